The molecule has 0 fully saturated rings. The van der Waals surface area contributed by atoms with E-state index in [4.69, 9.17) is 0 Å². The van der Waals surface area contributed by atoms with Crippen LogP contribution in [0.4, 0.5) is 0 Å². The number of nitrogens with zero attached hydrogens (tertiary/aromatic N) is 2. The molecule has 2 rings (SSSR count). The van der Waals surface area contributed by atoms with Crippen LogP contribution in [0.5, 0.6) is 0 Å². The molecule has 0 N–H and O–H groups in total. The van der Waals surface area contributed by atoms with E-state index in [2.05, 4.69) is 20.9 Å². The Morgan fingerprint density at radius 1 is 1.16 bits per heavy atom. The molecule has 0 atom stereocenters. The Hall–Kier alpha value is -1.52. The fourth-order valence-corrected chi connectivity index (χ4v) is 2.09. The Bertz CT molecular complexity index is 540. The molecular formula is C15H15BrN2O. The highest BCUT2D eigenvalue weighted by molar-refractivity contribution is 9.10. The zero-order valence-electron chi connectivity index (χ0n) is 10.7. The van der Waals surface area contributed by atoms with E-state index in [1.807, 2.05) is 48.3 Å². The summed E-state index contributed by atoms with van der Waals surface area (Å²) in [5.41, 5.74) is 1.89. The minimum absolute atomic E-state index is 0.129. The van der Waals surface area contributed by atoms with Crippen molar-refractivity contribution in [1.82, 2.24) is 9.88 Å². The number of halogens is 1. The van der Waals surface area contributed by atoms with Crippen molar-refractivity contribution in [2.75, 3.05) is 13.6 Å². The Balaban J connectivity index is 1.93. The van der Waals surface area contributed by atoms with Crippen molar-refractivity contribution in [2.24, 2.45) is 0 Å². The van der Waals surface area contributed by atoms with Crippen LogP contribution in [0.2, 0.25) is 0 Å². The molecule has 0 radical (unpaired) electrons. The zero-order chi connectivity index (χ0) is 13.7. The van der Waals surface area contributed by atoms with E-state index in [1.54, 1.807) is 12.4 Å². The van der Waals surface area contributed by atoms with Crippen LogP contribution in [0.15, 0.2) is 53.3 Å². The molecule has 1 aromatic heterocycles. The molecule has 0 aliphatic heterocycles. The first-order valence-corrected chi connectivity index (χ1v) is 6.80. The van der Waals surface area contributed by atoms with Crippen molar-refractivity contribution >= 4 is 21.7 Å². The first-order valence-electron chi connectivity index (χ1n) is 6.01. The smallest absolute Gasteiger partial charge is 0.176 e. The molecular weight excluding hydrogens is 304 g/mol. The molecule has 0 aliphatic rings. The minimum Gasteiger partial charge on any atom is -0.295 e. The van der Waals surface area contributed by atoms with Crippen LogP contribution < -0.4 is 0 Å². The summed E-state index contributed by atoms with van der Waals surface area (Å²) in [5, 5.41) is 0. The van der Waals surface area contributed by atoms with E-state index in [1.165, 1.54) is 0 Å². The van der Waals surface area contributed by atoms with Crippen LogP contribution in [0.25, 0.3) is 0 Å². The third kappa shape index (κ3) is 4.26. The summed E-state index contributed by atoms with van der Waals surface area (Å²) < 4.78 is 0.981. The number of carbonyl (C=O) groups is 1. The van der Waals surface area contributed by atoms with Crippen LogP contribution in [0.1, 0.15) is 15.9 Å². The highest BCUT2D eigenvalue weighted by Crippen LogP contribution is 2.11. The summed E-state index contributed by atoms with van der Waals surface area (Å²) in [7, 11) is 1.94. The van der Waals surface area contributed by atoms with Crippen molar-refractivity contribution in [2.45, 2.75) is 6.54 Å². The van der Waals surface area contributed by atoms with Crippen molar-refractivity contribution in [3.05, 3.63) is 64.4 Å². The summed E-state index contributed by atoms with van der Waals surface area (Å²) in [5.74, 6) is 0.129. The molecule has 0 saturated heterocycles. The molecule has 0 spiro atoms. The van der Waals surface area contributed by atoms with Gasteiger partial charge in [-0.25, -0.2) is 0 Å². The number of carbonyl (C=O) groups excluding carboxylic acids is 1. The van der Waals surface area contributed by atoms with Crippen LogP contribution in [-0.4, -0.2) is 29.3 Å². The summed E-state index contributed by atoms with van der Waals surface area (Å²) in [6.07, 6.45) is 3.53. The van der Waals surface area contributed by atoms with Gasteiger partial charge in [0.05, 0.1) is 6.54 Å². The lowest BCUT2D eigenvalue weighted by atomic mass is 10.1. The lowest BCUT2D eigenvalue weighted by Gasteiger charge is -2.15. The maximum Gasteiger partial charge on any atom is 0.176 e. The third-order valence-corrected chi connectivity index (χ3v) is 3.31. The van der Waals surface area contributed by atoms with Gasteiger partial charge in [-0.2, -0.15) is 0 Å². The van der Waals surface area contributed by atoms with E-state index in [0.717, 1.165) is 22.1 Å². The molecule has 2 aromatic rings. The van der Waals surface area contributed by atoms with Gasteiger partial charge < -0.3 is 0 Å². The Morgan fingerprint density at radius 2 is 1.79 bits per heavy atom. The number of pyridine rings is 1. The highest BCUT2D eigenvalue weighted by atomic mass is 79.9. The predicted molar refractivity (Wildman–Crippen MR) is 79.0 cm³/mol. The average molecular weight is 319 g/mol. The van der Waals surface area contributed by atoms with Gasteiger partial charge in [0.1, 0.15) is 0 Å². The van der Waals surface area contributed by atoms with Crippen LogP contribution in [-0.2, 0) is 6.54 Å². The molecule has 0 unspecified atom stereocenters. The van der Waals surface area contributed by atoms with Gasteiger partial charge in [0.2, 0.25) is 0 Å². The van der Waals surface area contributed by atoms with Gasteiger partial charge in [-0.15, -0.1) is 0 Å². The second kappa shape index (κ2) is 6.59. The lowest BCUT2D eigenvalue weighted by Crippen LogP contribution is -2.25. The largest absolute Gasteiger partial charge is 0.295 e. The Labute approximate surface area is 121 Å². The number of hydrogen-bond acceptors (Lipinski definition) is 3. The highest BCUT2D eigenvalue weighted by Gasteiger charge is 2.09. The number of Topliss-reactive ketones (excluding diaryl/α,β-unsaturated/α-hetero) is 1. The quantitative estimate of drug-likeness (QED) is 0.794. The minimum atomic E-state index is 0.129. The second-order valence-corrected chi connectivity index (χ2v) is 5.37. The Kier molecular flexibility index (Phi) is 4.82. The fraction of sp³-hybridized carbons (Fsp3) is 0.200. The Morgan fingerprint density at radius 3 is 2.42 bits per heavy atom. The van der Waals surface area contributed by atoms with Crippen LogP contribution >= 0.6 is 15.9 Å². The van der Waals surface area contributed by atoms with Crippen LogP contribution in [0, 0.1) is 0 Å². The maximum atomic E-state index is 12.1. The third-order valence-electron chi connectivity index (χ3n) is 2.78. The first-order chi connectivity index (χ1) is 9.15. The number of aromatic nitrogens is 1. The molecule has 3 nitrogen and oxygen atoms in total. The maximum absolute atomic E-state index is 12.1. The summed E-state index contributed by atoms with van der Waals surface area (Å²) in [6.45, 7) is 1.15. The predicted octanol–water partition coefficient (Wildman–Crippen LogP) is 3.16. The van der Waals surface area contributed by atoms with Gasteiger partial charge in [-0.3, -0.25) is 14.7 Å². The molecule has 0 saturated carbocycles. The molecule has 1 heterocycles. The SMILES string of the molecule is CN(CC(=O)c1ccc(Br)cc1)Cc1ccncc1. The fourth-order valence-electron chi connectivity index (χ4n) is 1.83. The van der Waals surface area contributed by atoms with Crippen molar-refractivity contribution in [3.63, 3.8) is 0 Å². The number of hydrogen-bond donors (Lipinski definition) is 0. The van der Waals surface area contributed by atoms with E-state index >= 15 is 0 Å². The van der Waals surface area contributed by atoms with Crippen molar-refractivity contribution < 1.29 is 4.79 Å². The number of rotatable bonds is 5. The van der Waals surface area contributed by atoms with E-state index in [0.29, 0.717) is 6.54 Å². The number of ketones is 1. The van der Waals surface area contributed by atoms with E-state index in [-0.39, 0.29) is 5.78 Å². The molecule has 19 heavy (non-hydrogen) atoms. The van der Waals surface area contributed by atoms with Crippen molar-refractivity contribution in [3.8, 4) is 0 Å². The molecule has 0 bridgehead atoms. The van der Waals surface area contributed by atoms with Gasteiger partial charge in [-0.05, 0) is 36.9 Å². The molecule has 0 amide bonds. The summed E-state index contributed by atoms with van der Waals surface area (Å²) in [6, 6.07) is 11.4. The topological polar surface area (TPSA) is 33.2 Å². The molecule has 0 aliphatic carbocycles. The van der Waals surface area contributed by atoms with Gasteiger partial charge in [-0.1, -0.05) is 28.1 Å². The molecule has 98 valence electrons. The zero-order valence-corrected chi connectivity index (χ0v) is 12.3. The van der Waals surface area contributed by atoms with E-state index < -0.39 is 0 Å². The van der Waals surface area contributed by atoms with E-state index in [9.17, 15) is 4.79 Å². The normalized spacial score (nSPS) is 10.7. The van der Waals surface area contributed by atoms with Gasteiger partial charge in [0, 0.05) is 29.0 Å². The number of likely N-dealkylation sites (N-methyl/N-ethyl adjacent to an activating group) is 1. The number of benzene rings is 1. The van der Waals surface area contributed by atoms with Gasteiger partial charge >= 0.3 is 0 Å². The standard InChI is InChI=1S/C15H15BrN2O/c1-18(10-12-6-8-17-9-7-12)11-15(19)13-2-4-14(16)5-3-13/h2-9H,10-11H2,1H3. The molecule has 1 aromatic carbocycles. The van der Waals surface area contributed by atoms with Crippen LogP contribution in [0.3, 0.4) is 0 Å². The second-order valence-electron chi connectivity index (χ2n) is 4.46. The average Bonchev–Trinajstić information content (AvgIpc) is 2.40. The first kappa shape index (κ1) is 13.9. The van der Waals surface area contributed by atoms with Crippen molar-refractivity contribution in [1.29, 1.82) is 0 Å². The van der Waals surface area contributed by atoms with Gasteiger partial charge in [0.15, 0.2) is 5.78 Å². The summed E-state index contributed by atoms with van der Waals surface area (Å²) >= 11 is 3.36. The summed E-state index contributed by atoms with van der Waals surface area (Å²) in [4.78, 5) is 18.1. The monoisotopic (exact) mass is 318 g/mol. The lowest BCUT2D eigenvalue weighted by molar-refractivity contribution is 0.0943. The van der Waals surface area contributed by atoms with Gasteiger partial charge in [0.25, 0.3) is 0 Å². The molecule has 4 heteroatoms.